The van der Waals surface area contributed by atoms with Gasteiger partial charge < -0.3 is 20.1 Å². The summed E-state index contributed by atoms with van der Waals surface area (Å²) in [7, 11) is 1.62. The Morgan fingerprint density at radius 3 is 2.46 bits per heavy atom. The van der Waals surface area contributed by atoms with Gasteiger partial charge in [-0.05, 0) is 81.0 Å². The number of allylic oxidation sites excluding steroid dienone is 5. The number of carbonyl (C=O) groups is 2. The van der Waals surface area contributed by atoms with E-state index < -0.39 is 6.10 Å². The summed E-state index contributed by atoms with van der Waals surface area (Å²) in [6, 6.07) is 7.78. The number of benzene rings is 1. The molecule has 0 saturated carbocycles. The number of aliphatic hydroxyl groups is 1. The number of methoxy groups -OCH3 is 1. The number of hydrogen-bond donors (Lipinski definition) is 2. The number of rotatable bonds is 15. The molecule has 1 heterocycles. The number of aliphatic hydroxyl groups excluding tert-OH is 1. The van der Waals surface area contributed by atoms with Gasteiger partial charge in [-0.1, -0.05) is 50.1 Å². The van der Waals surface area contributed by atoms with Crippen molar-refractivity contribution in [1.29, 1.82) is 0 Å². The summed E-state index contributed by atoms with van der Waals surface area (Å²) < 4.78 is 5.23. The molecule has 2 atom stereocenters. The molecule has 0 radical (unpaired) electrons. The Balaban J connectivity index is 1.44. The molecule has 1 aromatic rings. The summed E-state index contributed by atoms with van der Waals surface area (Å²) in [6.07, 6.45) is 15.1. The lowest BCUT2D eigenvalue weighted by molar-refractivity contribution is -0.123. The number of amides is 1. The van der Waals surface area contributed by atoms with Gasteiger partial charge in [-0.25, -0.2) is 0 Å². The summed E-state index contributed by atoms with van der Waals surface area (Å²) >= 11 is 0. The topological polar surface area (TPSA) is 78.9 Å². The average Bonchev–Trinajstić information content (AvgIpc) is 3.30. The van der Waals surface area contributed by atoms with Gasteiger partial charge in [-0.2, -0.15) is 0 Å². The first-order valence-electron chi connectivity index (χ1n) is 13.9. The van der Waals surface area contributed by atoms with Gasteiger partial charge in [-0.3, -0.25) is 9.59 Å². The maximum atomic E-state index is 12.8. The number of nitrogens with zero attached hydrogens (tertiary/aromatic N) is 1. The number of carbonyl (C=O) groups excluding carboxylic acids is 2. The normalized spacial score (nSPS) is 17.5. The monoisotopic (exact) mass is 508 g/mol. The first-order chi connectivity index (χ1) is 18.0. The summed E-state index contributed by atoms with van der Waals surface area (Å²) in [6.45, 7) is 4.83. The van der Waals surface area contributed by atoms with Gasteiger partial charge in [0.15, 0.2) is 5.78 Å². The second-order valence-electron chi connectivity index (χ2n) is 10.1. The van der Waals surface area contributed by atoms with Gasteiger partial charge in [0.25, 0.3) is 0 Å². The van der Waals surface area contributed by atoms with Crippen LogP contribution in [0.3, 0.4) is 0 Å². The van der Waals surface area contributed by atoms with Crippen LogP contribution in [0.1, 0.15) is 81.9 Å². The molecule has 0 spiro atoms. The van der Waals surface area contributed by atoms with E-state index in [-0.39, 0.29) is 17.7 Å². The van der Waals surface area contributed by atoms with E-state index in [1.165, 1.54) is 5.56 Å². The highest BCUT2D eigenvalue weighted by Gasteiger charge is 2.26. The number of Topliss-reactive ketones (excluding diaryl/α,β-unsaturated/α-hetero) is 1. The number of ketones is 1. The fraction of sp³-hybridized carbons (Fsp3) is 0.548. The van der Waals surface area contributed by atoms with E-state index >= 15 is 0 Å². The molecule has 37 heavy (non-hydrogen) atoms. The molecule has 1 aromatic carbocycles. The third-order valence-corrected chi connectivity index (χ3v) is 7.19. The van der Waals surface area contributed by atoms with Gasteiger partial charge in [0.05, 0.1) is 13.2 Å². The smallest absolute Gasteiger partial charge is 0.220 e. The van der Waals surface area contributed by atoms with Crippen molar-refractivity contribution in [1.82, 2.24) is 10.2 Å². The molecule has 0 bridgehead atoms. The first-order valence-corrected chi connectivity index (χ1v) is 13.9. The average molecular weight is 509 g/mol. The Labute approximate surface area is 222 Å². The predicted molar refractivity (Wildman–Crippen MR) is 148 cm³/mol. The van der Waals surface area contributed by atoms with Crippen molar-refractivity contribution in [3.63, 3.8) is 0 Å². The van der Waals surface area contributed by atoms with E-state index in [2.05, 4.69) is 29.3 Å². The Bertz CT molecular complexity index is 958. The fourth-order valence-corrected chi connectivity index (χ4v) is 5.01. The van der Waals surface area contributed by atoms with E-state index in [4.69, 9.17) is 4.74 Å². The maximum Gasteiger partial charge on any atom is 0.220 e. The molecule has 1 amide bonds. The predicted octanol–water partition coefficient (Wildman–Crippen LogP) is 5.19. The van der Waals surface area contributed by atoms with Crippen molar-refractivity contribution < 1.29 is 19.4 Å². The molecule has 6 heteroatoms. The molecule has 2 aliphatic rings. The number of likely N-dealkylation sites (tertiary alicyclic amines) is 1. The lowest BCUT2D eigenvalue weighted by Gasteiger charge is -2.29. The van der Waals surface area contributed by atoms with E-state index in [9.17, 15) is 14.7 Å². The molecule has 2 N–H and O–H groups in total. The van der Waals surface area contributed by atoms with Crippen molar-refractivity contribution >= 4 is 11.7 Å². The Kier molecular flexibility index (Phi) is 12.1. The SMILES string of the molecule is CCCc1ccc([C@@H](O)[C@@H](CN2CCCC2)NC(=O)CCCCCC(=O)C2=CCC=C(OC)C=C2)cc1. The van der Waals surface area contributed by atoms with E-state index in [1.54, 1.807) is 7.11 Å². The van der Waals surface area contributed by atoms with Crippen LogP contribution in [0.5, 0.6) is 0 Å². The van der Waals surface area contributed by atoms with Crippen LogP contribution in [0, 0.1) is 0 Å². The van der Waals surface area contributed by atoms with Gasteiger partial charge >= 0.3 is 0 Å². The van der Waals surface area contributed by atoms with Crippen LogP contribution >= 0.6 is 0 Å². The molecule has 1 saturated heterocycles. The highest BCUT2D eigenvalue weighted by atomic mass is 16.5. The zero-order valence-electron chi connectivity index (χ0n) is 22.6. The molecule has 3 rings (SSSR count). The number of aryl methyl sites for hydroxylation is 1. The van der Waals surface area contributed by atoms with Crippen molar-refractivity contribution in [2.45, 2.75) is 83.3 Å². The van der Waals surface area contributed by atoms with Crippen LogP contribution in [0.4, 0.5) is 0 Å². The highest BCUT2D eigenvalue weighted by molar-refractivity contribution is 5.98. The summed E-state index contributed by atoms with van der Waals surface area (Å²) in [5.41, 5.74) is 2.83. The van der Waals surface area contributed by atoms with Crippen molar-refractivity contribution in [3.05, 3.63) is 71.0 Å². The van der Waals surface area contributed by atoms with Crippen LogP contribution in [-0.2, 0) is 20.7 Å². The van der Waals surface area contributed by atoms with Gasteiger partial charge in [-0.15, -0.1) is 0 Å². The Morgan fingerprint density at radius 2 is 1.76 bits per heavy atom. The minimum atomic E-state index is -0.744. The fourth-order valence-electron chi connectivity index (χ4n) is 5.01. The van der Waals surface area contributed by atoms with Crippen LogP contribution in [0.15, 0.2) is 59.9 Å². The zero-order chi connectivity index (χ0) is 26.5. The third kappa shape index (κ3) is 9.60. The summed E-state index contributed by atoms with van der Waals surface area (Å²) in [5, 5.41) is 14.3. The molecule has 1 aliphatic carbocycles. The minimum absolute atomic E-state index is 0.0373. The molecule has 202 valence electrons. The quantitative estimate of drug-likeness (QED) is 0.319. The molecule has 0 aromatic heterocycles. The zero-order valence-corrected chi connectivity index (χ0v) is 22.6. The van der Waals surface area contributed by atoms with Crippen LogP contribution in [0.2, 0.25) is 0 Å². The third-order valence-electron chi connectivity index (χ3n) is 7.19. The number of unbranched alkanes of at least 4 members (excludes halogenated alkanes) is 2. The summed E-state index contributed by atoms with van der Waals surface area (Å²) in [5.74, 6) is 0.863. The van der Waals surface area contributed by atoms with Gasteiger partial charge in [0.1, 0.15) is 11.9 Å². The lowest BCUT2D eigenvalue weighted by atomic mass is 9.99. The first kappa shape index (κ1) is 28.9. The van der Waals surface area contributed by atoms with E-state index in [0.29, 0.717) is 25.8 Å². The second-order valence-corrected chi connectivity index (χ2v) is 10.1. The number of ether oxygens (including phenoxy) is 1. The van der Waals surface area contributed by atoms with Crippen LogP contribution in [0.25, 0.3) is 0 Å². The minimum Gasteiger partial charge on any atom is -0.497 e. The van der Waals surface area contributed by atoms with E-state index in [1.807, 2.05) is 36.4 Å². The van der Waals surface area contributed by atoms with Crippen molar-refractivity contribution in [2.75, 3.05) is 26.7 Å². The molecular formula is C31H44N2O4. The maximum absolute atomic E-state index is 12.8. The lowest BCUT2D eigenvalue weighted by Crippen LogP contribution is -2.46. The van der Waals surface area contributed by atoms with Crippen LogP contribution < -0.4 is 5.32 Å². The molecule has 1 fully saturated rings. The number of nitrogens with one attached hydrogen (secondary N) is 1. The largest absolute Gasteiger partial charge is 0.497 e. The van der Waals surface area contributed by atoms with Crippen molar-refractivity contribution in [3.8, 4) is 0 Å². The molecule has 6 nitrogen and oxygen atoms in total. The van der Waals surface area contributed by atoms with Gasteiger partial charge in [0.2, 0.25) is 5.91 Å². The Morgan fingerprint density at radius 1 is 1.03 bits per heavy atom. The number of hydrogen-bond acceptors (Lipinski definition) is 5. The molecule has 0 unspecified atom stereocenters. The standard InChI is InChI=1S/C31H44N2O4/c1-3-10-24-15-17-26(18-16-24)31(36)28(23-33-21-7-8-22-33)32-30(35)14-6-4-5-13-29(34)25-11-9-12-27(37-2)20-19-25/h11-12,15-20,28,31,36H,3-10,13-14,21-23H2,1-2H3,(H,32,35)/t28-,31-/m1/s1. The second kappa shape index (κ2) is 15.5. The Hall–Kier alpha value is -2.70. The van der Waals surface area contributed by atoms with Crippen molar-refractivity contribution in [2.24, 2.45) is 0 Å². The van der Waals surface area contributed by atoms with Crippen LogP contribution in [-0.4, -0.2) is 54.5 Å². The highest BCUT2D eigenvalue weighted by Crippen LogP contribution is 2.21. The van der Waals surface area contributed by atoms with E-state index in [0.717, 1.165) is 74.9 Å². The summed E-state index contributed by atoms with van der Waals surface area (Å²) in [4.78, 5) is 27.7. The molecule has 1 aliphatic heterocycles. The molecular weight excluding hydrogens is 464 g/mol. The van der Waals surface area contributed by atoms with Gasteiger partial charge in [0, 0.05) is 25.0 Å².